The number of benzene rings is 2. The number of nitrogens with two attached hydrogens (primary N) is 1. The van der Waals surface area contributed by atoms with Crippen molar-refractivity contribution in [2.24, 2.45) is 5.73 Å². The van der Waals surface area contributed by atoms with Gasteiger partial charge in [-0.05, 0) is 23.6 Å². The molecule has 0 fully saturated rings. The Labute approximate surface area is 151 Å². The van der Waals surface area contributed by atoms with E-state index in [9.17, 15) is 9.59 Å². The van der Waals surface area contributed by atoms with E-state index in [4.69, 9.17) is 5.73 Å². The molecule has 1 atom stereocenters. The Kier molecular flexibility index (Phi) is 4.21. The Morgan fingerprint density at radius 1 is 1.04 bits per heavy atom. The van der Waals surface area contributed by atoms with Gasteiger partial charge in [-0.15, -0.1) is 0 Å². The Morgan fingerprint density at radius 2 is 1.77 bits per heavy atom. The first-order chi connectivity index (χ1) is 12.6. The quantitative estimate of drug-likeness (QED) is 0.761. The van der Waals surface area contributed by atoms with Gasteiger partial charge >= 0.3 is 0 Å². The molecule has 1 aliphatic rings. The molecule has 5 heteroatoms. The molecule has 2 heterocycles. The van der Waals surface area contributed by atoms with Gasteiger partial charge in [0.25, 0.3) is 0 Å². The van der Waals surface area contributed by atoms with Gasteiger partial charge in [0.15, 0.2) is 0 Å². The first kappa shape index (κ1) is 16.4. The fourth-order valence-electron chi connectivity index (χ4n) is 3.87. The summed E-state index contributed by atoms with van der Waals surface area (Å²) in [7, 11) is 0. The number of aromatic amines is 1. The van der Waals surface area contributed by atoms with Gasteiger partial charge in [0.1, 0.15) is 0 Å². The monoisotopic (exact) mass is 347 g/mol. The van der Waals surface area contributed by atoms with E-state index in [0.717, 1.165) is 23.2 Å². The highest BCUT2D eigenvalue weighted by atomic mass is 16.2. The molecule has 1 unspecified atom stereocenters. The van der Waals surface area contributed by atoms with Crippen molar-refractivity contribution in [1.82, 2.24) is 9.88 Å². The Bertz CT molecular complexity index is 962. The summed E-state index contributed by atoms with van der Waals surface area (Å²) in [4.78, 5) is 29.3. The van der Waals surface area contributed by atoms with Gasteiger partial charge in [-0.1, -0.05) is 48.5 Å². The smallest absolute Gasteiger partial charge is 0.223 e. The molecule has 0 spiro atoms. The summed E-state index contributed by atoms with van der Waals surface area (Å²) < 4.78 is 0. The van der Waals surface area contributed by atoms with E-state index >= 15 is 0 Å². The number of fused-ring (bicyclic) bond motifs is 3. The molecule has 5 nitrogen and oxygen atoms in total. The van der Waals surface area contributed by atoms with Crippen LogP contribution in [0.1, 0.15) is 35.7 Å². The second-order valence-electron chi connectivity index (χ2n) is 6.68. The standard InChI is InChI=1S/C21H21N3O2/c22-18(25)10-11-19(26)24-13-12-16-15-8-4-5-9-17(15)23-20(16)21(24)14-6-2-1-3-7-14/h1-9,21,23H,10-13H2,(H2,22,25). The molecule has 0 radical (unpaired) electrons. The zero-order valence-electron chi connectivity index (χ0n) is 14.4. The average Bonchev–Trinajstić information content (AvgIpc) is 3.04. The van der Waals surface area contributed by atoms with Gasteiger partial charge < -0.3 is 15.6 Å². The molecule has 2 amide bonds. The van der Waals surface area contributed by atoms with Crippen molar-refractivity contribution >= 4 is 22.7 Å². The predicted octanol–water partition coefficient (Wildman–Crippen LogP) is 2.91. The second kappa shape index (κ2) is 6.67. The first-order valence-electron chi connectivity index (χ1n) is 8.87. The number of nitrogens with one attached hydrogen (secondary N) is 1. The largest absolute Gasteiger partial charge is 0.370 e. The number of amides is 2. The van der Waals surface area contributed by atoms with Crippen LogP contribution in [-0.2, 0) is 16.0 Å². The number of aromatic nitrogens is 1. The minimum absolute atomic E-state index is 0.0399. The predicted molar refractivity (Wildman–Crippen MR) is 100 cm³/mol. The van der Waals surface area contributed by atoms with Crippen molar-refractivity contribution < 1.29 is 9.59 Å². The van der Waals surface area contributed by atoms with Crippen LogP contribution < -0.4 is 5.73 Å². The number of nitrogens with zero attached hydrogens (tertiary/aromatic N) is 1. The number of hydrogen-bond donors (Lipinski definition) is 2. The fourth-order valence-corrected chi connectivity index (χ4v) is 3.87. The summed E-state index contributed by atoms with van der Waals surface area (Å²) in [6.45, 7) is 0.631. The summed E-state index contributed by atoms with van der Waals surface area (Å²) in [6.07, 6.45) is 1.02. The van der Waals surface area contributed by atoms with E-state index in [2.05, 4.69) is 17.1 Å². The third-order valence-corrected chi connectivity index (χ3v) is 5.06. The van der Waals surface area contributed by atoms with E-state index in [-0.39, 0.29) is 24.8 Å². The number of primary amides is 1. The van der Waals surface area contributed by atoms with Gasteiger partial charge in [-0.25, -0.2) is 0 Å². The number of carbonyl (C=O) groups excluding carboxylic acids is 2. The topological polar surface area (TPSA) is 79.2 Å². The molecular formula is C21H21N3O2. The van der Waals surface area contributed by atoms with Crippen LogP contribution >= 0.6 is 0 Å². The molecule has 26 heavy (non-hydrogen) atoms. The summed E-state index contributed by atoms with van der Waals surface area (Å²) in [5, 5.41) is 1.22. The number of hydrogen-bond acceptors (Lipinski definition) is 2. The minimum Gasteiger partial charge on any atom is -0.370 e. The lowest BCUT2D eigenvalue weighted by atomic mass is 9.92. The normalized spacial score (nSPS) is 16.5. The van der Waals surface area contributed by atoms with Crippen LogP contribution in [0.5, 0.6) is 0 Å². The summed E-state index contributed by atoms with van der Waals surface area (Å²) >= 11 is 0. The lowest BCUT2D eigenvalue weighted by molar-refractivity contribution is -0.135. The van der Waals surface area contributed by atoms with Crippen molar-refractivity contribution in [1.29, 1.82) is 0 Å². The Morgan fingerprint density at radius 3 is 2.54 bits per heavy atom. The van der Waals surface area contributed by atoms with Gasteiger partial charge in [0.05, 0.1) is 6.04 Å². The van der Waals surface area contributed by atoms with E-state index in [1.54, 1.807) is 0 Å². The molecule has 0 saturated carbocycles. The second-order valence-corrected chi connectivity index (χ2v) is 6.68. The summed E-state index contributed by atoms with van der Waals surface area (Å²) in [6, 6.07) is 18.1. The van der Waals surface area contributed by atoms with Crippen LogP contribution in [0.4, 0.5) is 0 Å². The van der Waals surface area contributed by atoms with Gasteiger partial charge in [-0.2, -0.15) is 0 Å². The number of H-pyrrole nitrogens is 1. The van der Waals surface area contributed by atoms with Crippen molar-refractivity contribution in [3.63, 3.8) is 0 Å². The molecule has 0 saturated heterocycles. The van der Waals surface area contributed by atoms with Crippen LogP contribution in [0.3, 0.4) is 0 Å². The van der Waals surface area contributed by atoms with Crippen LogP contribution in [-0.4, -0.2) is 28.2 Å². The van der Waals surface area contributed by atoms with Crippen molar-refractivity contribution in [3.8, 4) is 0 Å². The molecule has 3 aromatic rings. The van der Waals surface area contributed by atoms with Gasteiger partial charge in [0.2, 0.25) is 11.8 Å². The zero-order valence-corrected chi connectivity index (χ0v) is 14.4. The number of para-hydroxylation sites is 1. The fraction of sp³-hybridized carbons (Fsp3) is 0.238. The Balaban J connectivity index is 1.79. The van der Waals surface area contributed by atoms with E-state index in [1.165, 1.54) is 10.9 Å². The molecule has 0 bridgehead atoms. The molecule has 0 aliphatic carbocycles. The highest BCUT2D eigenvalue weighted by molar-refractivity contribution is 5.87. The molecule has 1 aromatic heterocycles. The average molecular weight is 347 g/mol. The molecule has 1 aliphatic heterocycles. The van der Waals surface area contributed by atoms with Crippen LogP contribution in [0.2, 0.25) is 0 Å². The van der Waals surface area contributed by atoms with Crippen molar-refractivity contribution in [2.45, 2.75) is 25.3 Å². The van der Waals surface area contributed by atoms with Crippen LogP contribution in [0.25, 0.3) is 10.9 Å². The van der Waals surface area contributed by atoms with Crippen LogP contribution in [0, 0.1) is 0 Å². The minimum atomic E-state index is -0.446. The number of rotatable bonds is 4. The summed E-state index contributed by atoms with van der Waals surface area (Å²) in [5.41, 5.74) is 9.72. The van der Waals surface area contributed by atoms with Gasteiger partial charge in [-0.3, -0.25) is 9.59 Å². The molecule has 2 aromatic carbocycles. The maximum Gasteiger partial charge on any atom is 0.223 e. The number of carbonyl (C=O) groups is 2. The molecule has 132 valence electrons. The molecule has 4 rings (SSSR count). The lowest BCUT2D eigenvalue weighted by Gasteiger charge is -2.36. The molecular weight excluding hydrogens is 326 g/mol. The lowest BCUT2D eigenvalue weighted by Crippen LogP contribution is -2.40. The first-order valence-corrected chi connectivity index (χ1v) is 8.87. The Hall–Kier alpha value is -3.08. The maximum atomic E-state index is 12.8. The zero-order chi connectivity index (χ0) is 18.1. The highest BCUT2D eigenvalue weighted by Crippen LogP contribution is 2.38. The third-order valence-electron chi connectivity index (χ3n) is 5.06. The maximum absolute atomic E-state index is 12.8. The van der Waals surface area contributed by atoms with Crippen molar-refractivity contribution in [2.75, 3.05) is 6.54 Å². The van der Waals surface area contributed by atoms with Gasteiger partial charge in [0, 0.05) is 36.0 Å². The van der Waals surface area contributed by atoms with E-state index in [0.29, 0.717) is 6.54 Å². The van der Waals surface area contributed by atoms with E-state index < -0.39 is 5.91 Å². The van der Waals surface area contributed by atoms with E-state index in [1.807, 2.05) is 47.4 Å². The summed E-state index contributed by atoms with van der Waals surface area (Å²) in [5.74, 6) is -0.486. The van der Waals surface area contributed by atoms with Crippen LogP contribution in [0.15, 0.2) is 54.6 Å². The highest BCUT2D eigenvalue weighted by Gasteiger charge is 2.34. The SMILES string of the molecule is NC(=O)CCC(=O)N1CCc2c([nH]c3ccccc23)C1c1ccccc1. The molecule has 3 N–H and O–H groups in total. The van der Waals surface area contributed by atoms with Crippen molar-refractivity contribution in [3.05, 3.63) is 71.4 Å². The third kappa shape index (κ3) is 2.86.